The topological polar surface area (TPSA) is 101 Å². The van der Waals surface area contributed by atoms with Crippen LogP contribution in [0.2, 0.25) is 0 Å². The van der Waals surface area contributed by atoms with Gasteiger partial charge in [0, 0.05) is 24.4 Å². The predicted octanol–water partition coefficient (Wildman–Crippen LogP) is -0.279. The minimum atomic E-state index is -1.81. The lowest BCUT2D eigenvalue weighted by atomic mass is 10.1. The smallest absolute Gasteiger partial charge is 0.329 e. The van der Waals surface area contributed by atoms with E-state index in [1.165, 1.54) is 13.1 Å². The van der Waals surface area contributed by atoms with Crippen LogP contribution in [-0.4, -0.2) is 44.8 Å². The summed E-state index contributed by atoms with van der Waals surface area (Å²) in [6.07, 6.45) is -3.12. The first-order chi connectivity index (χ1) is 9.81. The SMILES string of the molecule is CC(=O)O[C@@H]1CS[C@@H](n2cc(C)c(=O)[nH]c2=O)[C@H](O)[C@H]1F. The van der Waals surface area contributed by atoms with Crippen LogP contribution in [0, 0.1) is 6.92 Å². The van der Waals surface area contributed by atoms with Crippen molar-refractivity contribution in [2.24, 2.45) is 0 Å². The van der Waals surface area contributed by atoms with E-state index in [1.54, 1.807) is 0 Å². The summed E-state index contributed by atoms with van der Waals surface area (Å²) >= 11 is 1.08. The van der Waals surface area contributed by atoms with Gasteiger partial charge < -0.3 is 9.84 Å². The van der Waals surface area contributed by atoms with E-state index in [1.807, 2.05) is 0 Å². The van der Waals surface area contributed by atoms with Crippen LogP contribution >= 0.6 is 11.8 Å². The number of aryl methyl sites for hydroxylation is 1. The summed E-state index contributed by atoms with van der Waals surface area (Å²) in [4.78, 5) is 36.1. The Morgan fingerprint density at radius 3 is 2.86 bits per heavy atom. The summed E-state index contributed by atoms with van der Waals surface area (Å²) in [6, 6.07) is 0. The van der Waals surface area contributed by atoms with Gasteiger partial charge in [-0.3, -0.25) is 19.1 Å². The summed E-state index contributed by atoms with van der Waals surface area (Å²) in [6.45, 7) is 2.66. The van der Waals surface area contributed by atoms with Gasteiger partial charge in [-0.05, 0) is 6.92 Å². The van der Waals surface area contributed by atoms with Crippen molar-refractivity contribution in [2.45, 2.75) is 37.6 Å². The van der Waals surface area contributed by atoms with Gasteiger partial charge in [0.1, 0.15) is 17.6 Å². The molecule has 2 heterocycles. The Hall–Kier alpha value is -1.61. The molecule has 0 spiro atoms. The number of nitrogens with one attached hydrogen (secondary N) is 1. The third-order valence-corrected chi connectivity index (χ3v) is 4.51. The van der Waals surface area contributed by atoms with E-state index in [0.717, 1.165) is 23.3 Å². The fourth-order valence-corrected chi connectivity index (χ4v) is 3.40. The van der Waals surface area contributed by atoms with Crippen LogP contribution in [0.1, 0.15) is 17.9 Å². The van der Waals surface area contributed by atoms with E-state index in [-0.39, 0.29) is 11.3 Å². The number of alkyl halides is 1. The van der Waals surface area contributed by atoms with Crippen molar-refractivity contribution in [3.63, 3.8) is 0 Å². The summed E-state index contributed by atoms with van der Waals surface area (Å²) < 4.78 is 20.0. The maximum absolute atomic E-state index is 14.1. The number of carbonyl (C=O) groups is 1. The second kappa shape index (κ2) is 6.02. The number of aliphatic hydroxyl groups excluding tert-OH is 1. The Balaban J connectivity index is 2.28. The molecule has 0 bridgehead atoms. The summed E-state index contributed by atoms with van der Waals surface area (Å²) in [7, 11) is 0. The number of rotatable bonds is 2. The summed E-state index contributed by atoms with van der Waals surface area (Å²) in [5, 5.41) is 9.13. The normalized spacial score (nSPS) is 29.1. The molecule has 0 saturated carbocycles. The molecule has 7 nitrogen and oxygen atoms in total. The van der Waals surface area contributed by atoms with Gasteiger partial charge in [-0.1, -0.05) is 0 Å². The molecular weight excluding hydrogens is 303 g/mol. The number of hydrogen-bond acceptors (Lipinski definition) is 6. The van der Waals surface area contributed by atoms with Crippen molar-refractivity contribution in [3.8, 4) is 0 Å². The molecule has 1 saturated heterocycles. The number of aromatic nitrogens is 2. The number of esters is 1. The molecule has 0 aromatic carbocycles. The number of H-pyrrole nitrogens is 1. The highest BCUT2D eigenvalue weighted by molar-refractivity contribution is 7.99. The van der Waals surface area contributed by atoms with Crippen molar-refractivity contribution in [3.05, 3.63) is 32.6 Å². The first kappa shape index (κ1) is 15.8. The van der Waals surface area contributed by atoms with Gasteiger partial charge in [-0.15, -0.1) is 11.8 Å². The molecule has 116 valence electrons. The van der Waals surface area contributed by atoms with Gasteiger partial charge >= 0.3 is 11.7 Å². The van der Waals surface area contributed by atoms with Crippen LogP contribution in [0.15, 0.2) is 15.8 Å². The summed E-state index contributed by atoms with van der Waals surface area (Å²) in [5.74, 6) is -0.529. The van der Waals surface area contributed by atoms with E-state index >= 15 is 0 Å². The minimum Gasteiger partial charge on any atom is -0.458 e. The number of hydrogen-bond donors (Lipinski definition) is 2. The third kappa shape index (κ3) is 3.18. The van der Waals surface area contributed by atoms with Gasteiger partial charge in [0.25, 0.3) is 5.56 Å². The molecule has 4 atom stereocenters. The molecular formula is C12H15FN2O5S. The predicted molar refractivity (Wildman–Crippen MR) is 74.0 cm³/mol. The highest BCUT2D eigenvalue weighted by Gasteiger charge is 2.42. The van der Waals surface area contributed by atoms with E-state index in [9.17, 15) is 23.9 Å². The quantitative estimate of drug-likeness (QED) is 0.727. The van der Waals surface area contributed by atoms with Crippen LogP contribution in [-0.2, 0) is 9.53 Å². The van der Waals surface area contributed by atoms with E-state index in [0.29, 0.717) is 0 Å². The Kier molecular flexibility index (Phi) is 4.52. The molecule has 2 N–H and O–H groups in total. The van der Waals surface area contributed by atoms with Gasteiger partial charge in [0.2, 0.25) is 0 Å². The Bertz CT molecular complexity index is 658. The van der Waals surface area contributed by atoms with Crippen LogP contribution in [0.25, 0.3) is 0 Å². The van der Waals surface area contributed by atoms with Gasteiger partial charge in [-0.25, -0.2) is 9.18 Å². The number of nitrogens with zero attached hydrogens (tertiary/aromatic N) is 1. The molecule has 1 aliphatic rings. The minimum absolute atomic E-state index is 0.104. The average Bonchev–Trinajstić information content (AvgIpc) is 2.40. The number of aliphatic hydroxyl groups is 1. The number of thioether (sulfide) groups is 1. The molecule has 1 aliphatic heterocycles. The van der Waals surface area contributed by atoms with Crippen LogP contribution in [0.3, 0.4) is 0 Å². The lowest BCUT2D eigenvalue weighted by Crippen LogP contribution is -2.49. The van der Waals surface area contributed by atoms with Crippen molar-refractivity contribution < 1.29 is 19.0 Å². The second-order valence-corrected chi connectivity index (χ2v) is 5.94. The molecule has 0 radical (unpaired) electrons. The zero-order valence-corrected chi connectivity index (χ0v) is 12.2. The van der Waals surface area contributed by atoms with Crippen LogP contribution < -0.4 is 11.2 Å². The molecule has 1 fully saturated rings. The first-order valence-electron chi connectivity index (χ1n) is 6.24. The van der Waals surface area contributed by atoms with Crippen LogP contribution in [0.4, 0.5) is 4.39 Å². The molecule has 9 heteroatoms. The lowest BCUT2D eigenvalue weighted by molar-refractivity contribution is -0.151. The monoisotopic (exact) mass is 318 g/mol. The number of aromatic amines is 1. The largest absolute Gasteiger partial charge is 0.458 e. The lowest BCUT2D eigenvalue weighted by Gasteiger charge is -2.35. The van der Waals surface area contributed by atoms with Crippen molar-refractivity contribution >= 4 is 17.7 Å². The number of ether oxygens (including phenoxy) is 1. The maximum atomic E-state index is 14.1. The Labute approximate surface area is 123 Å². The van der Waals surface area contributed by atoms with E-state index in [2.05, 4.69) is 4.98 Å². The molecule has 0 aliphatic carbocycles. The van der Waals surface area contributed by atoms with E-state index in [4.69, 9.17) is 4.74 Å². The molecule has 2 rings (SSSR count). The Morgan fingerprint density at radius 1 is 1.57 bits per heavy atom. The van der Waals surface area contributed by atoms with Crippen molar-refractivity contribution in [1.29, 1.82) is 0 Å². The summed E-state index contributed by atoms with van der Waals surface area (Å²) in [5.41, 5.74) is -0.971. The maximum Gasteiger partial charge on any atom is 0.329 e. The highest BCUT2D eigenvalue weighted by atomic mass is 32.2. The zero-order valence-electron chi connectivity index (χ0n) is 11.4. The zero-order chi connectivity index (χ0) is 15.7. The fraction of sp³-hybridized carbons (Fsp3) is 0.583. The molecule has 1 aromatic rings. The fourth-order valence-electron chi connectivity index (χ4n) is 2.09. The third-order valence-electron chi connectivity index (χ3n) is 3.14. The molecule has 1 aromatic heterocycles. The van der Waals surface area contributed by atoms with Gasteiger partial charge in [0.05, 0.1) is 0 Å². The highest BCUT2D eigenvalue weighted by Crippen LogP contribution is 2.36. The standard InChI is InChI=1S/C12H15FN2O5S/c1-5-3-15(12(19)14-10(5)18)11-9(17)8(13)7(4-21-11)20-6(2)16/h3,7-9,11,17H,4H2,1-2H3,(H,14,18,19)/t7-,8+,9-,11-/m1/s1. The molecule has 0 unspecified atom stereocenters. The second-order valence-electron chi connectivity index (χ2n) is 4.79. The van der Waals surface area contributed by atoms with E-state index < -0.39 is 41.0 Å². The molecule has 0 amide bonds. The van der Waals surface area contributed by atoms with Crippen molar-refractivity contribution in [2.75, 3.05) is 5.75 Å². The van der Waals surface area contributed by atoms with Crippen LogP contribution in [0.5, 0.6) is 0 Å². The number of carbonyl (C=O) groups excluding carboxylic acids is 1. The average molecular weight is 318 g/mol. The van der Waals surface area contributed by atoms with Gasteiger partial charge in [-0.2, -0.15) is 0 Å². The van der Waals surface area contributed by atoms with Gasteiger partial charge in [0.15, 0.2) is 6.17 Å². The van der Waals surface area contributed by atoms with Crippen molar-refractivity contribution in [1.82, 2.24) is 9.55 Å². The first-order valence-corrected chi connectivity index (χ1v) is 7.29. The Morgan fingerprint density at radius 2 is 2.24 bits per heavy atom. The molecule has 21 heavy (non-hydrogen) atoms. The number of halogens is 1.